The molecule has 48 heavy (non-hydrogen) atoms. The molecule has 2 aromatic heterocycles. The van der Waals surface area contributed by atoms with Gasteiger partial charge in [-0.2, -0.15) is 4.98 Å². The van der Waals surface area contributed by atoms with Crippen LogP contribution in [-0.4, -0.2) is 130 Å². The number of halogens is 1. The standard InChI is InChI=1S/C32H47ClN6O9/c1-34-29(41)22-48-28-20-23-19-24(3-4-27(23)38(2)31(28)42)36-30-26(33)21-35-32(37-30)39-7-5-25(6-8-39)47-18-17-46-16-15-45-14-13-44-12-11-43-10-9-40/h3-4,19-21,25,29,34,40-41H,5-18,22H2,1-2H3,(H,35,36,37). The lowest BCUT2D eigenvalue weighted by molar-refractivity contribution is -0.0275. The molecule has 1 aliphatic heterocycles. The molecule has 4 rings (SSSR count). The summed E-state index contributed by atoms with van der Waals surface area (Å²) in [5.74, 6) is 1.18. The van der Waals surface area contributed by atoms with E-state index in [2.05, 4.69) is 20.5 Å². The van der Waals surface area contributed by atoms with Crippen molar-refractivity contribution in [2.45, 2.75) is 25.2 Å². The van der Waals surface area contributed by atoms with Crippen LogP contribution in [0, 0.1) is 0 Å². The van der Waals surface area contributed by atoms with Gasteiger partial charge in [-0.1, -0.05) is 11.6 Å². The minimum atomic E-state index is -0.893. The van der Waals surface area contributed by atoms with Gasteiger partial charge in [-0.05, 0) is 44.2 Å². The van der Waals surface area contributed by atoms with E-state index in [0.717, 1.165) is 42.5 Å². The van der Waals surface area contributed by atoms with Gasteiger partial charge in [0.05, 0.1) is 83.9 Å². The zero-order chi connectivity index (χ0) is 34.1. The monoisotopic (exact) mass is 694 g/mol. The van der Waals surface area contributed by atoms with Crippen molar-refractivity contribution in [2.75, 3.05) is 103 Å². The molecule has 1 fully saturated rings. The fourth-order valence-corrected chi connectivity index (χ4v) is 5.08. The normalized spacial score (nSPS) is 14.5. The molecule has 0 radical (unpaired) electrons. The number of ether oxygens (including phenoxy) is 6. The number of aliphatic hydroxyl groups excluding tert-OH is 2. The second kappa shape index (κ2) is 20.4. The third-order valence-electron chi connectivity index (χ3n) is 7.57. The molecule has 3 aromatic rings. The molecule has 15 nitrogen and oxygen atoms in total. The number of anilines is 3. The Morgan fingerprint density at radius 3 is 2.27 bits per heavy atom. The number of aliphatic hydroxyl groups is 2. The van der Waals surface area contributed by atoms with Crippen molar-refractivity contribution in [3.63, 3.8) is 0 Å². The Bertz CT molecular complexity index is 1460. The Balaban J connectivity index is 1.18. The molecule has 1 aliphatic rings. The van der Waals surface area contributed by atoms with Crippen LogP contribution < -0.4 is 25.8 Å². The smallest absolute Gasteiger partial charge is 0.293 e. The summed E-state index contributed by atoms with van der Waals surface area (Å²) >= 11 is 6.48. The number of nitrogens with one attached hydrogen (secondary N) is 2. The molecule has 1 saturated heterocycles. The highest BCUT2D eigenvalue weighted by molar-refractivity contribution is 6.32. The zero-order valence-electron chi connectivity index (χ0n) is 27.6. The van der Waals surface area contributed by atoms with Gasteiger partial charge in [0.1, 0.15) is 17.9 Å². The van der Waals surface area contributed by atoms with Crippen molar-refractivity contribution in [1.82, 2.24) is 19.9 Å². The van der Waals surface area contributed by atoms with Gasteiger partial charge in [0.15, 0.2) is 11.6 Å². The van der Waals surface area contributed by atoms with Crippen molar-refractivity contribution in [2.24, 2.45) is 7.05 Å². The number of piperidine rings is 1. The van der Waals surface area contributed by atoms with Gasteiger partial charge in [0.25, 0.3) is 5.56 Å². The Kier molecular flexibility index (Phi) is 16.0. The van der Waals surface area contributed by atoms with Crippen molar-refractivity contribution in [3.8, 4) is 5.75 Å². The average Bonchev–Trinajstić information content (AvgIpc) is 3.10. The Morgan fingerprint density at radius 1 is 0.979 bits per heavy atom. The fraction of sp³-hybridized carbons (Fsp3) is 0.594. The highest BCUT2D eigenvalue weighted by Crippen LogP contribution is 2.28. The molecule has 4 N–H and O–H groups in total. The van der Waals surface area contributed by atoms with Gasteiger partial charge < -0.3 is 53.4 Å². The Labute approximate surface area is 285 Å². The number of aryl methyl sites for hydroxylation is 1. The Morgan fingerprint density at radius 2 is 1.62 bits per heavy atom. The maximum Gasteiger partial charge on any atom is 0.293 e. The summed E-state index contributed by atoms with van der Waals surface area (Å²) in [6.45, 7) is 5.65. The molecule has 0 saturated carbocycles. The predicted octanol–water partition coefficient (Wildman–Crippen LogP) is 1.69. The minimum Gasteiger partial charge on any atom is -0.484 e. The largest absolute Gasteiger partial charge is 0.484 e. The van der Waals surface area contributed by atoms with Crippen LogP contribution in [0.3, 0.4) is 0 Å². The van der Waals surface area contributed by atoms with Gasteiger partial charge in [0, 0.05) is 31.2 Å². The maximum atomic E-state index is 12.7. The fourth-order valence-electron chi connectivity index (χ4n) is 4.94. The number of rotatable bonds is 22. The predicted molar refractivity (Wildman–Crippen MR) is 182 cm³/mol. The molecule has 266 valence electrons. The highest BCUT2D eigenvalue weighted by Gasteiger charge is 2.22. The highest BCUT2D eigenvalue weighted by atomic mass is 35.5. The molecule has 1 aromatic carbocycles. The lowest BCUT2D eigenvalue weighted by Crippen LogP contribution is -2.38. The first-order valence-electron chi connectivity index (χ1n) is 16.1. The number of fused-ring (bicyclic) bond motifs is 1. The third-order valence-corrected chi connectivity index (χ3v) is 7.85. The lowest BCUT2D eigenvalue weighted by atomic mass is 10.1. The topological polar surface area (TPSA) is 171 Å². The van der Waals surface area contributed by atoms with Crippen molar-refractivity contribution < 1.29 is 38.6 Å². The number of hydrogen-bond donors (Lipinski definition) is 4. The van der Waals surface area contributed by atoms with E-state index in [1.807, 2.05) is 18.2 Å². The van der Waals surface area contributed by atoms with E-state index < -0.39 is 6.23 Å². The molecule has 0 amide bonds. The summed E-state index contributed by atoms with van der Waals surface area (Å²) < 4.78 is 34.7. The second-order valence-electron chi connectivity index (χ2n) is 11.0. The molecule has 1 unspecified atom stereocenters. The van der Waals surface area contributed by atoms with Crippen LogP contribution in [0.25, 0.3) is 10.9 Å². The van der Waals surface area contributed by atoms with E-state index in [1.165, 1.54) is 4.57 Å². The summed E-state index contributed by atoms with van der Waals surface area (Å²) in [7, 11) is 3.28. The molecule has 16 heteroatoms. The molecule has 3 heterocycles. The molecular weight excluding hydrogens is 648 g/mol. The van der Waals surface area contributed by atoms with Gasteiger partial charge in [-0.25, -0.2) is 4.98 Å². The molecule has 1 atom stereocenters. The van der Waals surface area contributed by atoms with Crippen LogP contribution >= 0.6 is 11.6 Å². The number of nitrogens with zero attached hydrogens (tertiary/aromatic N) is 4. The van der Waals surface area contributed by atoms with E-state index >= 15 is 0 Å². The van der Waals surface area contributed by atoms with Gasteiger partial charge in [0.2, 0.25) is 5.95 Å². The summed E-state index contributed by atoms with van der Waals surface area (Å²) in [4.78, 5) is 24.0. The zero-order valence-corrected chi connectivity index (χ0v) is 28.3. The number of pyridine rings is 1. The first-order valence-corrected chi connectivity index (χ1v) is 16.5. The first kappa shape index (κ1) is 37.7. The van der Waals surface area contributed by atoms with Crippen LogP contribution in [0.2, 0.25) is 5.02 Å². The van der Waals surface area contributed by atoms with Crippen LogP contribution in [0.1, 0.15) is 12.8 Å². The lowest BCUT2D eigenvalue weighted by Gasteiger charge is -2.32. The van der Waals surface area contributed by atoms with E-state index in [9.17, 15) is 9.90 Å². The molecule has 0 spiro atoms. The number of likely N-dealkylation sites (N-methyl/N-ethyl adjacent to an activating group) is 1. The minimum absolute atomic E-state index is 0.0141. The summed E-state index contributed by atoms with van der Waals surface area (Å²) in [5.41, 5.74) is 1.15. The second-order valence-corrected chi connectivity index (χ2v) is 11.4. The quantitative estimate of drug-likeness (QED) is 0.0885. The summed E-state index contributed by atoms with van der Waals surface area (Å²) in [5, 5.41) is 25.5. The van der Waals surface area contributed by atoms with E-state index in [1.54, 1.807) is 26.4 Å². The number of aromatic nitrogens is 3. The van der Waals surface area contributed by atoms with E-state index in [0.29, 0.717) is 76.3 Å². The SMILES string of the molecule is CNC(O)COc1cc2cc(Nc3nc(N4CCC(OCCOCCOCCOCCOCCO)CC4)ncc3Cl)ccc2n(C)c1=O. The van der Waals surface area contributed by atoms with Gasteiger partial charge >= 0.3 is 0 Å². The van der Waals surface area contributed by atoms with Gasteiger partial charge in [-0.15, -0.1) is 0 Å². The number of hydrogen-bond acceptors (Lipinski definition) is 14. The van der Waals surface area contributed by atoms with Crippen LogP contribution in [-0.2, 0) is 30.7 Å². The van der Waals surface area contributed by atoms with Crippen LogP contribution in [0.15, 0.2) is 35.3 Å². The van der Waals surface area contributed by atoms with E-state index in [4.69, 9.17) is 50.1 Å². The Hall–Kier alpha value is -3.12. The van der Waals surface area contributed by atoms with Crippen molar-refractivity contribution in [3.05, 3.63) is 45.8 Å². The third kappa shape index (κ3) is 11.8. The average molecular weight is 695 g/mol. The molecule has 0 bridgehead atoms. The molecule has 0 aliphatic carbocycles. The van der Waals surface area contributed by atoms with Crippen molar-refractivity contribution in [1.29, 1.82) is 0 Å². The maximum absolute atomic E-state index is 12.7. The summed E-state index contributed by atoms with van der Waals surface area (Å²) in [6, 6.07) is 7.22. The van der Waals surface area contributed by atoms with Crippen LogP contribution in [0.5, 0.6) is 5.75 Å². The van der Waals surface area contributed by atoms with Gasteiger partial charge in [-0.3, -0.25) is 10.1 Å². The van der Waals surface area contributed by atoms with Crippen LogP contribution in [0.4, 0.5) is 17.5 Å². The first-order chi connectivity index (χ1) is 23.4. The number of benzene rings is 1. The summed E-state index contributed by atoms with van der Waals surface area (Å²) in [6.07, 6.45) is 2.50. The van der Waals surface area contributed by atoms with E-state index in [-0.39, 0.29) is 30.6 Å². The molecular formula is C32H47ClN6O9. The van der Waals surface area contributed by atoms with Crippen molar-refractivity contribution >= 4 is 40.0 Å².